The zero-order valence-corrected chi connectivity index (χ0v) is 16.7. The molecule has 0 unspecified atom stereocenters. The van der Waals surface area contributed by atoms with E-state index < -0.39 is 18.0 Å². The van der Waals surface area contributed by atoms with Crippen LogP contribution in [0.15, 0.2) is 36.5 Å². The molecule has 0 spiro atoms. The molecule has 2 aromatic rings. The lowest BCUT2D eigenvalue weighted by atomic mass is 10.2. The lowest BCUT2D eigenvalue weighted by Gasteiger charge is -2.14. The van der Waals surface area contributed by atoms with Crippen LogP contribution in [-0.2, 0) is 9.53 Å². The Morgan fingerprint density at radius 2 is 1.93 bits per heavy atom. The van der Waals surface area contributed by atoms with Crippen LogP contribution in [0.25, 0.3) is 0 Å². The molecule has 1 amide bonds. The van der Waals surface area contributed by atoms with Gasteiger partial charge in [0.2, 0.25) is 0 Å². The van der Waals surface area contributed by atoms with Crippen molar-refractivity contribution in [2.45, 2.75) is 26.9 Å². The van der Waals surface area contributed by atoms with E-state index in [0.29, 0.717) is 28.9 Å². The zero-order chi connectivity index (χ0) is 20.0. The molecule has 1 N–H and O–H groups in total. The monoisotopic (exact) mass is 410 g/mol. The Bertz CT molecular complexity index is 827. The molecule has 1 aromatic heterocycles. The SMILES string of the molecule is CC(C)COc1cccc(C(=O)O[C@@H](C)C(=O)Nc2ncc(Cl)cc2Cl)c1. The molecule has 27 heavy (non-hydrogen) atoms. The number of ether oxygens (including phenoxy) is 2. The molecular weight excluding hydrogens is 391 g/mol. The van der Waals surface area contributed by atoms with Crippen LogP contribution in [0.5, 0.6) is 5.75 Å². The van der Waals surface area contributed by atoms with E-state index in [4.69, 9.17) is 32.7 Å². The van der Waals surface area contributed by atoms with Crippen molar-refractivity contribution in [3.8, 4) is 5.75 Å². The van der Waals surface area contributed by atoms with Crippen LogP contribution in [-0.4, -0.2) is 29.6 Å². The third-order valence-electron chi connectivity index (χ3n) is 3.36. The Hall–Kier alpha value is -2.31. The Labute approximate surface area is 167 Å². The maximum atomic E-state index is 12.3. The largest absolute Gasteiger partial charge is 0.493 e. The summed E-state index contributed by atoms with van der Waals surface area (Å²) in [5.74, 6) is -0.141. The summed E-state index contributed by atoms with van der Waals surface area (Å²) in [5.41, 5.74) is 0.290. The molecule has 1 atom stereocenters. The van der Waals surface area contributed by atoms with E-state index in [1.807, 2.05) is 13.8 Å². The van der Waals surface area contributed by atoms with Gasteiger partial charge in [-0.25, -0.2) is 9.78 Å². The number of halogens is 2. The van der Waals surface area contributed by atoms with E-state index in [0.717, 1.165) is 0 Å². The number of carbonyl (C=O) groups excluding carboxylic acids is 2. The second-order valence-corrected chi connectivity index (χ2v) is 7.10. The third-order valence-corrected chi connectivity index (χ3v) is 3.85. The van der Waals surface area contributed by atoms with Gasteiger partial charge in [0.05, 0.1) is 22.2 Å². The van der Waals surface area contributed by atoms with Gasteiger partial charge in [0.1, 0.15) is 5.75 Å². The molecule has 144 valence electrons. The van der Waals surface area contributed by atoms with Gasteiger partial charge in [0, 0.05) is 6.20 Å². The number of nitrogens with zero attached hydrogens (tertiary/aromatic N) is 1. The zero-order valence-electron chi connectivity index (χ0n) is 15.2. The van der Waals surface area contributed by atoms with Crippen LogP contribution in [0, 0.1) is 5.92 Å². The fourth-order valence-electron chi connectivity index (χ4n) is 1.98. The van der Waals surface area contributed by atoms with Crippen LogP contribution in [0.3, 0.4) is 0 Å². The highest BCUT2D eigenvalue weighted by atomic mass is 35.5. The van der Waals surface area contributed by atoms with Crippen molar-refractivity contribution >= 4 is 40.9 Å². The lowest BCUT2D eigenvalue weighted by molar-refractivity contribution is -0.123. The minimum Gasteiger partial charge on any atom is -0.493 e. The number of hydrogen-bond acceptors (Lipinski definition) is 5. The van der Waals surface area contributed by atoms with Gasteiger partial charge in [-0.15, -0.1) is 0 Å². The van der Waals surface area contributed by atoms with Crippen molar-refractivity contribution in [2.24, 2.45) is 5.92 Å². The first kappa shape index (κ1) is 21.0. The minimum atomic E-state index is -1.05. The number of esters is 1. The van der Waals surface area contributed by atoms with Gasteiger partial charge in [-0.1, -0.05) is 43.1 Å². The van der Waals surface area contributed by atoms with Crippen LogP contribution in [0.1, 0.15) is 31.1 Å². The molecule has 8 heteroatoms. The van der Waals surface area contributed by atoms with E-state index >= 15 is 0 Å². The number of amides is 1. The first-order valence-corrected chi connectivity index (χ1v) is 9.07. The summed E-state index contributed by atoms with van der Waals surface area (Å²) in [6, 6.07) is 8.06. The molecule has 1 aromatic carbocycles. The third kappa shape index (κ3) is 6.41. The molecular formula is C19H20Cl2N2O4. The molecule has 0 aliphatic rings. The van der Waals surface area contributed by atoms with Crippen molar-refractivity contribution < 1.29 is 19.1 Å². The smallest absolute Gasteiger partial charge is 0.339 e. The highest BCUT2D eigenvalue weighted by Crippen LogP contribution is 2.23. The molecule has 0 aliphatic heterocycles. The number of anilines is 1. The first-order chi connectivity index (χ1) is 12.8. The quantitative estimate of drug-likeness (QED) is 0.674. The predicted molar refractivity (Wildman–Crippen MR) is 105 cm³/mol. The summed E-state index contributed by atoms with van der Waals surface area (Å²) < 4.78 is 10.8. The number of aromatic nitrogens is 1. The Kier molecular flexibility index (Phi) is 7.45. The maximum Gasteiger partial charge on any atom is 0.339 e. The number of carbonyl (C=O) groups is 2. The summed E-state index contributed by atoms with van der Waals surface area (Å²) in [7, 11) is 0. The van der Waals surface area contributed by atoms with Gasteiger partial charge in [-0.2, -0.15) is 0 Å². The van der Waals surface area contributed by atoms with Gasteiger partial charge < -0.3 is 14.8 Å². The molecule has 0 fully saturated rings. The molecule has 0 radical (unpaired) electrons. The Morgan fingerprint density at radius 3 is 2.59 bits per heavy atom. The molecule has 1 heterocycles. The van der Waals surface area contributed by atoms with Gasteiger partial charge in [0.15, 0.2) is 11.9 Å². The molecule has 0 aliphatic carbocycles. The van der Waals surface area contributed by atoms with Gasteiger partial charge in [-0.3, -0.25) is 4.79 Å². The fourth-order valence-corrected chi connectivity index (χ4v) is 2.41. The van der Waals surface area contributed by atoms with Gasteiger partial charge in [0.25, 0.3) is 5.91 Å². The molecule has 0 bridgehead atoms. The highest BCUT2D eigenvalue weighted by Gasteiger charge is 2.20. The summed E-state index contributed by atoms with van der Waals surface area (Å²) in [5, 5.41) is 3.02. The first-order valence-electron chi connectivity index (χ1n) is 8.32. The summed E-state index contributed by atoms with van der Waals surface area (Å²) >= 11 is 11.7. The minimum absolute atomic E-state index is 0.137. The predicted octanol–water partition coefficient (Wildman–Crippen LogP) is 4.61. The highest BCUT2D eigenvalue weighted by molar-refractivity contribution is 6.36. The number of benzene rings is 1. The normalized spacial score (nSPS) is 11.8. The Morgan fingerprint density at radius 1 is 1.19 bits per heavy atom. The lowest BCUT2D eigenvalue weighted by Crippen LogP contribution is -2.30. The van der Waals surface area contributed by atoms with Crippen molar-refractivity contribution in [1.29, 1.82) is 0 Å². The summed E-state index contributed by atoms with van der Waals surface area (Å²) in [4.78, 5) is 28.4. The van der Waals surface area contributed by atoms with E-state index in [1.165, 1.54) is 19.2 Å². The van der Waals surface area contributed by atoms with E-state index in [9.17, 15) is 9.59 Å². The number of pyridine rings is 1. The standard InChI is InChI=1S/C19H20Cl2N2O4/c1-11(2)10-26-15-6-4-5-13(7-15)19(25)27-12(3)18(24)23-17-16(21)8-14(20)9-22-17/h4-9,11-12H,10H2,1-3H3,(H,22,23,24)/t12-/m0/s1. The van der Waals surface area contributed by atoms with Crippen LogP contribution >= 0.6 is 23.2 Å². The van der Waals surface area contributed by atoms with Crippen molar-refractivity contribution in [1.82, 2.24) is 4.98 Å². The van der Waals surface area contributed by atoms with Crippen LogP contribution in [0.4, 0.5) is 5.82 Å². The number of hydrogen-bond donors (Lipinski definition) is 1. The molecule has 6 nitrogen and oxygen atoms in total. The average Bonchev–Trinajstić information content (AvgIpc) is 2.62. The van der Waals surface area contributed by atoms with Crippen LogP contribution in [0.2, 0.25) is 10.0 Å². The fraction of sp³-hybridized carbons (Fsp3) is 0.316. The molecule has 0 saturated carbocycles. The average molecular weight is 411 g/mol. The summed E-state index contributed by atoms with van der Waals surface area (Å²) in [6.45, 7) is 6.04. The van der Waals surface area contributed by atoms with Gasteiger partial charge >= 0.3 is 5.97 Å². The van der Waals surface area contributed by atoms with Crippen molar-refractivity contribution in [2.75, 3.05) is 11.9 Å². The number of nitrogens with one attached hydrogen (secondary N) is 1. The Balaban J connectivity index is 1.98. The van der Waals surface area contributed by atoms with E-state index in [-0.39, 0.29) is 10.8 Å². The second-order valence-electron chi connectivity index (χ2n) is 6.25. The maximum absolute atomic E-state index is 12.3. The van der Waals surface area contributed by atoms with E-state index in [2.05, 4.69) is 10.3 Å². The molecule has 0 saturated heterocycles. The van der Waals surface area contributed by atoms with Crippen LogP contribution < -0.4 is 10.1 Å². The van der Waals surface area contributed by atoms with Crippen molar-refractivity contribution in [3.05, 3.63) is 52.1 Å². The second kappa shape index (κ2) is 9.58. The van der Waals surface area contributed by atoms with E-state index in [1.54, 1.807) is 24.3 Å². The molecule has 2 rings (SSSR count). The topological polar surface area (TPSA) is 77.5 Å². The van der Waals surface area contributed by atoms with Crippen molar-refractivity contribution in [3.63, 3.8) is 0 Å². The summed E-state index contributed by atoms with van der Waals surface area (Å²) in [6.07, 6.45) is 0.300. The number of rotatable bonds is 7. The van der Waals surface area contributed by atoms with Gasteiger partial charge in [-0.05, 0) is 37.1 Å².